The Balaban J connectivity index is 2.00. The number of nitrogens with one attached hydrogen (secondary N) is 1. The molecule has 0 saturated heterocycles. The van der Waals surface area contributed by atoms with E-state index in [9.17, 15) is 14.9 Å². The maximum atomic E-state index is 12.0. The second kappa shape index (κ2) is 7.35. The van der Waals surface area contributed by atoms with Gasteiger partial charge in [-0.2, -0.15) is 0 Å². The maximum Gasteiger partial charge on any atom is 0.406 e. The average molecular weight is 315 g/mol. The zero-order valence-corrected chi connectivity index (χ0v) is 12.9. The number of nitro groups is 1. The first-order chi connectivity index (χ1) is 11.0. The molecule has 0 aliphatic heterocycles. The highest BCUT2D eigenvalue weighted by atomic mass is 16.6. The smallest absolute Gasteiger partial charge is 0.406 e. The lowest BCUT2D eigenvalue weighted by Crippen LogP contribution is -2.36. The number of aromatic nitrogens is 1. The number of benzene rings is 1. The molecule has 0 radical (unpaired) electrons. The molecule has 120 valence electrons. The monoisotopic (exact) mass is 315 g/mol. The van der Waals surface area contributed by atoms with Crippen LogP contribution in [0.3, 0.4) is 0 Å². The first-order valence-electron chi connectivity index (χ1n) is 7.07. The summed E-state index contributed by atoms with van der Waals surface area (Å²) < 4.78 is 5.40. The maximum absolute atomic E-state index is 12.0. The summed E-state index contributed by atoms with van der Waals surface area (Å²) >= 11 is 0. The van der Waals surface area contributed by atoms with Crippen LogP contribution in [0.1, 0.15) is 18.2 Å². The third-order valence-corrected chi connectivity index (χ3v) is 3.13. The molecule has 0 aliphatic rings. The lowest BCUT2D eigenvalue weighted by atomic mass is 10.2. The van der Waals surface area contributed by atoms with Gasteiger partial charge in [0.1, 0.15) is 5.69 Å². The number of aryl methyl sites for hydroxylation is 1. The second-order valence-electron chi connectivity index (χ2n) is 4.99. The third kappa shape index (κ3) is 4.50. The molecule has 1 atom stereocenters. The Morgan fingerprint density at radius 3 is 2.65 bits per heavy atom. The van der Waals surface area contributed by atoms with Crippen molar-refractivity contribution in [3.8, 4) is 5.75 Å². The summed E-state index contributed by atoms with van der Waals surface area (Å²) in [4.78, 5) is 26.2. The Labute approximate surface area is 133 Å². The molecule has 1 aromatic carbocycles. The van der Waals surface area contributed by atoms with Crippen LogP contribution in [0.25, 0.3) is 0 Å². The summed E-state index contributed by atoms with van der Waals surface area (Å²) in [7, 11) is 0. The molecule has 0 fully saturated rings. The lowest BCUT2D eigenvalue weighted by Gasteiger charge is -2.14. The summed E-state index contributed by atoms with van der Waals surface area (Å²) in [6.07, 6.45) is -0.873. The van der Waals surface area contributed by atoms with Crippen LogP contribution in [0.2, 0.25) is 0 Å². The van der Waals surface area contributed by atoms with Gasteiger partial charge in [-0.15, -0.1) is 0 Å². The number of rotatable bonds is 6. The van der Waals surface area contributed by atoms with Crippen LogP contribution < -0.4 is 10.1 Å². The van der Waals surface area contributed by atoms with Crippen molar-refractivity contribution in [3.05, 3.63) is 63.8 Å². The number of pyridine rings is 1. The van der Waals surface area contributed by atoms with Crippen molar-refractivity contribution >= 4 is 11.7 Å². The van der Waals surface area contributed by atoms with E-state index in [-0.39, 0.29) is 11.7 Å². The lowest BCUT2D eigenvalue weighted by molar-refractivity contribution is -0.390. The molecule has 0 aliphatic carbocycles. The van der Waals surface area contributed by atoms with Crippen LogP contribution in [0, 0.1) is 17.0 Å². The number of carbonyl (C=O) groups is 1. The van der Waals surface area contributed by atoms with E-state index >= 15 is 0 Å². The van der Waals surface area contributed by atoms with Gasteiger partial charge < -0.3 is 20.2 Å². The topological polar surface area (TPSA) is 94.4 Å². The summed E-state index contributed by atoms with van der Waals surface area (Å²) in [6.45, 7) is 3.54. The van der Waals surface area contributed by atoms with E-state index in [4.69, 9.17) is 4.74 Å². The minimum atomic E-state index is -0.873. The molecule has 7 nitrogen and oxygen atoms in total. The van der Waals surface area contributed by atoms with Gasteiger partial charge in [0.15, 0.2) is 6.10 Å². The number of hydrogen-bond donors (Lipinski definition) is 1. The van der Waals surface area contributed by atoms with E-state index in [1.54, 1.807) is 13.0 Å². The Morgan fingerprint density at radius 2 is 2.00 bits per heavy atom. The fourth-order valence-corrected chi connectivity index (χ4v) is 1.93. The van der Waals surface area contributed by atoms with Crippen LogP contribution >= 0.6 is 0 Å². The summed E-state index contributed by atoms with van der Waals surface area (Å²) in [5.41, 5.74) is 1.46. The summed E-state index contributed by atoms with van der Waals surface area (Å²) in [6, 6.07) is 12.5. The number of hydrogen-bond acceptors (Lipinski definition) is 5. The third-order valence-electron chi connectivity index (χ3n) is 3.13. The van der Waals surface area contributed by atoms with Gasteiger partial charge in [-0.05, 0) is 34.5 Å². The highest BCUT2D eigenvalue weighted by molar-refractivity contribution is 5.80. The average Bonchev–Trinajstić information content (AvgIpc) is 2.55. The zero-order valence-electron chi connectivity index (χ0n) is 12.9. The largest absolute Gasteiger partial charge is 0.473 e. The molecule has 1 N–H and O–H groups in total. The van der Waals surface area contributed by atoms with Crippen molar-refractivity contribution in [1.29, 1.82) is 0 Å². The van der Waals surface area contributed by atoms with Gasteiger partial charge in [0.25, 0.3) is 5.91 Å². The second-order valence-corrected chi connectivity index (χ2v) is 4.99. The van der Waals surface area contributed by atoms with Gasteiger partial charge in [-0.25, -0.2) is 0 Å². The standard InChI is InChI=1S/C16H17N3O4/c1-11-8-9-14(15(18-11)19(21)22)23-12(2)16(20)17-10-13-6-4-3-5-7-13/h3-9,12H,10H2,1-2H3,(H,17,20). The predicted molar refractivity (Wildman–Crippen MR) is 84.0 cm³/mol. The van der Waals surface area contributed by atoms with Gasteiger partial charge in [0.2, 0.25) is 5.75 Å². The van der Waals surface area contributed by atoms with E-state index in [0.29, 0.717) is 12.2 Å². The van der Waals surface area contributed by atoms with Crippen LogP contribution in [0.4, 0.5) is 5.82 Å². The molecule has 2 rings (SSSR count). The Kier molecular flexibility index (Phi) is 5.24. The SMILES string of the molecule is Cc1ccc(OC(C)C(=O)NCc2ccccc2)c([N+](=O)[O-])n1. The van der Waals surface area contributed by atoms with Crippen LogP contribution in [-0.4, -0.2) is 21.9 Å². The predicted octanol–water partition coefficient (Wildman–Crippen LogP) is 2.38. The highest BCUT2D eigenvalue weighted by Gasteiger charge is 2.22. The zero-order chi connectivity index (χ0) is 16.8. The minimum absolute atomic E-state index is 0.0250. The van der Waals surface area contributed by atoms with Gasteiger partial charge >= 0.3 is 5.82 Å². The molecule has 7 heteroatoms. The van der Waals surface area contributed by atoms with Crippen molar-refractivity contribution in [3.63, 3.8) is 0 Å². The molecule has 23 heavy (non-hydrogen) atoms. The molecular formula is C16H17N3O4. The molecule has 2 aromatic rings. The van der Waals surface area contributed by atoms with Crippen molar-refractivity contribution < 1.29 is 14.5 Å². The van der Waals surface area contributed by atoms with E-state index in [1.807, 2.05) is 30.3 Å². The van der Waals surface area contributed by atoms with E-state index in [1.165, 1.54) is 13.0 Å². The number of ether oxygens (including phenoxy) is 1. The fraction of sp³-hybridized carbons (Fsp3) is 0.250. The van der Waals surface area contributed by atoms with Crippen molar-refractivity contribution in [2.75, 3.05) is 0 Å². The molecule has 0 spiro atoms. The van der Waals surface area contributed by atoms with Gasteiger partial charge in [0, 0.05) is 13.5 Å². The summed E-state index contributed by atoms with van der Waals surface area (Å²) in [5, 5.41) is 13.7. The molecule has 0 saturated carbocycles. The van der Waals surface area contributed by atoms with Crippen molar-refractivity contribution in [2.24, 2.45) is 0 Å². The molecule has 1 unspecified atom stereocenters. The Bertz CT molecular complexity index is 704. The van der Waals surface area contributed by atoms with E-state index in [2.05, 4.69) is 10.3 Å². The normalized spacial score (nSPS) is 11.6. The first kappa shape index (κ1) is 16.4. The number of nitrogens with zero attached hydrogens (tertiary/aromatic N) is 2. The van der Waals surface area contributed by atoms with Gasteiger partial charge in [-0.3, -0.25) is 4.79 Å². The fourth-order valence-electron chi connectivity index (χ4n) is 1.93. The van der Waals surface area contributed by atoms with Crippen molar-refractivity contribution in [2.45, 2.75) is 26.5 Å². The molecule has 1 aromatic heterocycles. The molecule has 1 heterocycles. The minimum Gasteiger partial charge on any atom is -0.473 e. The summed E-state index contributed by atoms with van der Waals surface area (Å²) in [5.74, 6) is -0.778. The Morgan fingerprint density at radius 1 is 1.30 bits per heavy atom. The van der Waals surface area contributed by atoms with Crippen molar-refractivity contribution in [1.82, 2.24) is 10.3 Å². The van der Waals surface area contributed by atoms with E-state index < -0.39 is 16.8 Å². The first-order valence-corrected chi connectivity index (χ1v) is 7.07. The van der Waals surface area contributed by atoms with Crippen LogP contribution in [0.15, 0.2) is 42.5 Å². The molecule has 0 bridgehead atoms. The molecular weight excluding hydrogens is 298 g/mol. The van der Waals surface area contributed by atoms with Gasteiger partial charge in [-0.1, -0.05) is 30.3 Å². The number of amides is 1. The number of carbonyl (C=O) groups excluding carboxylic acids is 1. The van der Waals surface area contributed by atoms with Crippen LogP contribution in [-0.2, 0) is 11.3 Å². The Hall–Kier alpha value is -2.96. The van der Waals surface area contributed by atoms with E-state index in [0.717, 1.165) is 5.56 Å². The van der Waals surface area contributed by atoms with Crippen LogP contribution in [0.5, 0.6) is 5.75 Å². The molecule has 1 amide bonds. The quantitative estimate of drug-likeness (QED) is 0.652. The van der Waals surface area contributed by atoms with Gasteiger partial charge in [0.05, 0.1) is 0 Å². The highest BCUT2D eigenvalue weighted by Crippen LogP contribution is 2.25.